The quantitative estimate of drug-likeness (QED) is 0.868. The van der Waals surface area contributed by atoms with Crippen molar-refractivity contribution in [3.63, 3.8) is 0 Å². The summed E-state index contributed by atoms with van der Waals surface area (Å²) in [5.41, 5.74) is 10.0. The van der Waals surface area contributed by atoms with Gasteiger partial charge in [0.2, 0.25) is 0 Å². The maximum Gasteiger partial charge on any atom is 0.0482 e. The standard InChI is InChI=1S/C16H24N2/c1-15(2)14(16(15,3)4)12(17)11-8-7-10-6-5-9-18-13(10)11/h5-6,9,11-12,14H,7-8,17H2,1-4H3. The van der Waals surface area contributed by atoms with Crippen molar-refractivity contribution < 1.29 is 0 Å². The molecule has 0 bridgehead atoms. The molecular weight excluding hydrogens is 220 g/mol. The Morgan fingerprint density at radius 3 is 2.56 bits per heavy atom. The average molecular weight is 244 g/mol. The number of aromatic nitrogens is 1. The number of hydrogen-bond acceptors (Lipinski definition) is 2. The van der Waals surface area contributed by atoms with E-state index in [1.807, 2.05) is 12.3 Å². The normalized spacial score (nSPS) is 29.9. The lowest BCUT2D eigenvalue weighted by Gasteiger charge is -2.21. The Morgan fingerprint density at radius 2 is 1.94 bits per heavy atom. The van der Waals surface area contributed by atoms with Crippen LogP contribution in [-0.2, 0) is 6.42 Å². The first-order chi connectivity index (χ1) is 8.37. The first-order valence-corrected chi connectivity index (χ1v) is 7.06. The molecule has 98 valence electrons. The van der Waals surface area contributed by atoms with E-state index in [2.05, 4.69) is 38.7 Å². The molecule has 1 fully saturated rings. The van der Waals surface area contributed by atoms with Crippen LogP contribution in [0.2, 0.25) is 0 Å². The highest BCUT2D eigenvalue weighted by Gasteiger charge is 2.67. The van der Waals surface area contributed by atoms with Crippen LogP contribution in [0.15, 0.2) is 18.3 Å². The van der Waals surface area contributed by atoms with Crippen LogP contribution in [0.1, 0.15) is 51.3 Å². The van der Waals surface area contributed by atoms with Crippen molar-refractivity contribution in [1.82, 2.24) is 4.98 Å². The third-order valence-electron chi connectivity index (χ3n) is 5.98. The monoisotopic (exact) mass is 244 g/mol. The largest absolute Gasteiger partial charge is 0.327 e. The van der Waals surface area contributed by atoms with Gasteiger partial charge in [-0.15, -0.1) is 0 Å². The Labute approximate surface area is 110 Å². The van der Waals surface area contributed by atoms with Crippen LogP contribution in [0, 0.1) is 16.7 Å². The summed E-state index contributed by atoms with van der Waals surface area (Å²) in [4.78, 5) is 4.59. The molecule has 0 aliphatic heterocycles. The van der Waals surface area contributed by atoms with Gasteiger partial charge in [0.25, 0.3) is 0 Å². The van der Waals surface area contributed by atoms with E-state index in [9.17, 15) is 0 Å². The van der Waals surface area contributed by atoms with Gasteiger partial charge in [-0.1, -0.05) is 33.8 Å². The predicted octanol–water partition coefficient (Wildman–Crippen LogP) is 3.12. The van der Waals surface area contributed by atoms with Crippen LogP contribution < -0.4 is 5.73 Å². The summed E-state index contributed by atoms with van der Waals surface area (Å²) in [5.74, 6) is 1.08. The van der Waals surface area contributed by atoms with E-state index in [1.165, 1.54) is 17.7 Å². The molecule has 0 radical (unpaired) electrons. The zero-order chi connectivity index (χ0) is 13.1. The Hall–Kier alpha value is -0.890. The second-order valence-corrected chi connectivity index (χ2v) is 7.19. The SMILES string of the molecule is CC1(C)C(C(N)C2CCc3cccnc32)C1(C)C. The van der Waals surface area contributed by atoms with E-state index < -0.39 is 0 Å². The van der Waals surface area contributed by atoms with Gasteiger partial charge < -0.3 is 5.73 Å². The van der Waals surface area contributed by atoms with Crippen LogP contribution in [0.3, 0.4) is 0 Å². The Morgan fingerprint density at radius 1 is 1.28 bits per heavy atom. The van der Waals surface area contributed by atoms with Crippen LogP contribution in [-0.4, -0.2) is 11.0 Å². The van der Waals surface area contributed by atoms with Gasteiger partial charge >= 0.3 is 0 Å². The summed E-state index contributed by atoms with van der Waals surface area (Å²) in [6.07, 6.45) is 4.23. The first kappa shape index (κ1) is 12.2. The fourth-order valence-corrected chi connectivity index (χ4v) is 4.26. The van der Waals surface area contributed by atoms with Crippen molar-refractivity contribution in [3.05, 3.63) is 29.6 Å². The van der Waals surface area contributed by atoms with Gasteiger partial charge in [0.1, 0.15) is 0 Å². The molecule has 3 rings (SSSR count). The van der Waals surface area contributed by atoms with E-state index in [0.717, 1.165) is 6.42 Å². The predicted molar refractivity (Wildman–Crippen MR) is 74.3 cm³/mol. The third-order valence-corrected chi connectivity index (χ3v) is 5.98. The number of aryl methyl sites for hydroxylation is 1. The molecule has 2 N–H and O–H groups in total. The molecule has 2 nitrogen and oxygen atoms in total. The fourth-order valence-electron chi connectivity index (χ4n) is 4.26. The summed E-state index contributed by atoms with van der Waals surface area (Å²) in [5, 5.41) is 0. The van der Waals surface area contributed by atoms with Crippen LogP contribution in [0.25, 0.3) is 0 Å². The van der Waals surface area contributed by atoms with Crippen molar-refractivity contribution in [2.75, 3.05) is 0 Å². The van der Waals surface area contributed by atoms with Crippen LogP contribution in [0.5, 0.6) is 0 Å². The summed E-state index contributed by atoms with van der Waals surface area (Å²) < 4.78 is 0. The second kappa shape index (κ2) is 3.57. The average Bonchev–Trinajstić information content (AvgIpc) is 2.66. The summed E-state index contributed by atoms with van der Waals surface area (Å²) in [6, 6.07) is 4.50. The van der Waals surface area contributed by atoms with Gasteiger partial charge in [-0.05, 0) is 41.2 Å². The lowest BCUT2D eigenvalue weighted by Crippen LogP contribution is -2.32. The van der Waals surface area contributed by atoms with Crippen molar-refractivity contribution in [1.29, 1.82) is 0 Å². The second-order valence-electron chi connectivity index (χ2n) is 7.19. The molecule has 1 aromatic rings. The maximum atomic E-state index is 6.61. The number of nitrogens with zero attached hydrogens (tertiary/aromatic N) is 1. The summed E-state index contributed by atoms with van der Waals surface area (Å²) >= 11 is 0. The summed E-state index contributed by atoms with van der Waals surface area (Å²) in [7, 11) is 0. The van der Waals surface area contributed by atoms with Gasteiger partial charge in [-0.25, -0.2) is 0 Å². The number of pyridine rings is 1. The minimum atomic E-state index is 0.256. The molecule has 0 saturated heterocycles. The number of nitrogens with two attached hydrogens (primary N) is 1. The topological polar surface area (TPSA) is 38.9 Å². The maximum absolute atomic E-state index is 6.61. The molecule has 1 saturated carbocycles. The molecule has 2 aliphatic rings. The summed E-state index contributed by atoms with van der Waals surface area (Å²) in [6.45, 7) is 9.41. The van der Waals surface area contributed by atoms with E-state index >= 15 is 0 Å². The molecule has 2 atom stereocenters. The molecule has 2 unspecified atom stereocenters. The van der Waals surface area contributed by atoms with E-state index in [1.54, 1.807) is 0 Å². The van der Waals surface area contributed by atoms with Crippen molar-refractivity contribution in [3.8, 4) is 0 Å². The fraction of sp³-hybridized carbons (Fsp3) is 0.688. The lowest BCUT2D eigenvalue weighted by atomic mass is 9.90. The minimum Gasteiger partial charge on any atom is -0.327 e. The van der Waals surface area contributed by atoms with Gasteiger partial charge in [0.05, 0.1) is 0 Å². The molecule has 18 heavy (non-hydrogen) atoms. The highest BCUT2D eigenvalue weighted by Crippen LogP contribution is 2.70. The molecular formula is C16H24N2. The number of hydrogen-bond donors (Lipinski definition) is 1. The van der Waals surface area contributed by atoms with E-state index in [4.69, 9.17) is 5.73 Å². The van der Waals surface area contributed by atoms with E-state index in [0.29, 0.717) is 22.7 Å². The minimum absolute atomic E-state index is 0.256. The Balaban J connectivity index is 1.87. The molecule has 0 amide bonds. The molecule has 1 heterocycles. The molecule has 1 aromatic heterocycles. The Kier molecular flexibility index (Phi) is 2.41. The van der Waals surface area contributed by atoms with Gasteiger partial charge in [0, 0.05) is 23.9 Å². The van der Waals surface area contributed by atoms with Crippen molar-refractivity contribution in [2.45, 2.75) is 52.5 Å². The lowest BCUT2D eigenvalue weighted by molar-refractivity contribution is 0.407. The van der Waals surface area contributed by atoms with Crippen molar-refractivity contribution in [2.24, 2.45) is 22.5 Å². The molecule has 2 heteroatoms. The zero-order valence-corrected chi connectivity index (χ0v) is 11.9. The van der Waals surface area contributed by atoms with Gasteiger partial charge in [-0.3, -0.25) is 4.98 Å². The molecule has 0 spiro atoms. The third kappa shape index (κ3) is 1.41. The Bertz CT molecular complexity index is 462. The number of rotatable bonds is 2. The first-order valence-electron chi connectivity index (χ1n) is 7.06. The van der Waals surface area contributed by atoms with E-state index in [-0.39, 0.29) is 6.04 Å². The van der Waals surface area contributed by atoms with Crippen LogP contribution >= 0.6 is 0 Å². The van der Waals surface area contributed by atoms with Gasteiger partial charge in [0.15, 0.2) is 0 Å². The highest BCUT2D eigenvalue weighted by molar-refractivity contribution is 5.32. The van der Waals surface area contributed by atoms with Crippen LogP contribution in [0.4, 0.5) is 0 Å². The zero-order valence-electron chi connectivity index (χ0n) is 11.9. The number of fused-ring (bicyclic) bond motifs is 1. The molecule has 2 aliphatic carbocycles. The van der Waals surface area contributed by atoms with Gasteiger partial charge in [-0.2, -0.15) is 0 Å². The smallest absolute Gasteiger partial charge is 0.0482 e. The highest BCUT2D eigenvalue weighted by atomic mass is 14.8. The molecule has 0 aromatic carbocycles. The van der Waals surface area contributed by atoms with Crippen molar-refractivity contribution >= 4 is 0 Å².